The van der Waals surface area contributed by atoms with Crippen molar-refractivity contribution in [3.8, 4) is 5.75 Å². The highest BCUT2D eigenvalue weighted by atomic mass is 32.2. The summed E-state index contributed by atoms with van der Waals surface area (Å²) in [5.41, 5.74) is 1.30. The van der Waals surface area contributed by atoms with Crippen LogP contribution in [0, 0.1) is 0 Å². The minimum Gasteiger partial charge on any atom is -0.497 e. The number of hydrogen-bond donors (Lipinski definition) is 2. The Morgan fingerprint density at radius 2 is 1.86 bits per heavy atom. The largest absolute Gasteiger partial charge is 0.497 e. The van der Waals surface area contributed by atoms with Crippen LogP contribution in [0.15, 0.2) is 24.3 Å². The van der Waals surface area contributed by atoms with Gasteiger partial charge in [0.15, 0.2) is 0 Å². The predicted octanol–water partition coefficient (Wildman–Crippen LogP) is 2.42. The monoisotopic (exact) mass is 327 g/mol. The molecule has 1 aromatic carbocycles. The molecule has 2 rings (SSSR count). The molecular formula is C16H25NO4S. The first-order valence-corrected chi connectivity index (χ1v) is 9.37. The summed E-state index contributed by atoms with van der Waals surface area (Å²) in [4.78, 5) is 0. The molecule has 5 nitrogen and oxygen atoms in total. The molecule has 0 amide bonds. The van der Waals surface area contributed by atoms with Crippen molar-refractivity contribution in [1.82, 2.24) is 5.32 Å². The van der Waals surface area contributed by atoms with Gasteiger partial charge in [0, 0.05) is 5.54 Å². The van der Waals surface area contributed by atoms with Crippen molar-refractivity contribution in [2.75, 3.05) is 19.4 Å². The van der Waals surface area contributed by atoms with E-state index >= 15 is 0 Å². The second-order valence-electron chi connectivity index (χ2n) is 6.08. The number of ether oxygens (including phenoxy) is 1. The van der Waals surface area contributed by atoms with Crippen molar-refractivity contribution >= 4 is 10.1 Å². The second kappa shape index (κ2) is 7.44. The van der Waals surface area contributed by atoms with Gasteiger partial charge in [-0.05, 0) is 49.9 Å². The van der Waals surface area contributed by atoms with E-state index in [1.54, 1.807) is 7.11 Å². The molecule has 2 N–H and O–H groups in total. The molecule has 1 saturated carbocycles. The summed E-state index contributed by atoms with van der Waals surface area (Å²) in [6.07, 6.45) is 5.96. The van der Waals surface area contributed by atoms with Gasteiger partial charge in [-0.25, -0.2) is 0 Å². The Kier molecular flexibility index (Phi) is 5.83. The molecule has 6 heteroatoms. The van der Waals surface area contributed by atoms with Crippen LogP contribution in [0.4, 0.5) is 0 Å². The van der Waals surface area contributed by atoms with Crippen LogP contribution in [0.2, 0.25) is 0 Å². The Labute approximate surface area is 132 Å². The molecule has 1 aliphatic rings. The fraction of sp³-hybridized carbons (Fsp3) is 0.625. The Morgan fingerprint density at radius 1 is 1.23 bits per heavy atom. The lowest BCUT2D eigenvalue weighted by Crippen LogP contribution is -2.45. The molecule has 0 saturated heterocycles. The Bertz CT molecular complexity index is 562. The van der Waals surface area contributed by atoms with Gasteiger partial charge in [0.25, 0.3) is 10.1 Å². The molecule has 0 unspecified atom stereocenters. The summed E-state index contributed by atoms with van der Waals surface area (Å²) in [7, 11) is -2.20. The lowest BCUT2D eigenvalue weighted by Gasteiger charge is -2.31. The molecule has 124 valence electrons. The first kappa shape index (κ1) is 17.2. The molecule has 0 radical (unpaired) electrons. The zero-order valence-corrected chi connectivity index (χ0v) is 13.9. The first-order chi connectivity index (χ1) is 10.4. The van der Waals surface area contributed by atoms with Crippen molar-refractivity contribution in [2.24, 2.45) is 0 Å². The zero-order valence-electron chi connectivity index (χ0n) is 13.0. The van der Waals surface area contributed by atoms with Gasteiger partial charge in [-0.3, -0.25) is 4.55 Å². The minimum atomic E-state index is -3.86. The normalized spacial score (nSPS) is 17.5. The van der Waals surface area contributed by atoms with Crippen LogP contribution in [0.5, 0.6) is 5.75 Å². The second-order valence-corrected chi connectivity index (χ2v) is 7.65. The quantitative estimate of drug-likeness (QED) is 0.566. The SMILES string of the molecule is COc1ccc(CC2(NCCCS(=O)(=O)O)CCCC2)cc1. The molecule has 0 heterocycles. The lowest BCUT2D eigenvalue weighted by molar-refractivity contribution is 0.329. The van der Waals surface area contributed by atoms with Gasteiger partial charge in [-0.15, -0.1) is 0 Å². The van der Waals surface area contributed by atoms with E-state index < -0.39 is 10.1 Å². The molecule has 22 heavy (non-hydrogen) atoms. The molecule has 0 aromatic heterocycles. The van der Waals surface area contributed by atoms with Gasteiger partial charge in [0.05, 0.1) is 12.9 Å². The van der Waals surface area contributed by atoms with Crippen LogP contribution in [-0.4, -0.2) is 37.9 Å². The highest BCUT2D eigenvalue weighted by molar-refractivity contribution is 7.85. The predicted molar refractivity (Wildman–Crippen MR) is 86.9 cm³/mol. The summed E-state index contributed by atoms with van der Waals surface area (Å²) >= 11 is 0. The average Bonchev–Trinajstić information content (AvgIpc) is 2.92. The van der Waals surface area contributed by atoms with Crippen LogP contribution in [0.3, 0.4) is 0 Å². The van der Waals surface area contributed by atoms with E-state index in [4.69, 9.17) is 9.29 Å². The molecule has 0 atom stereocenters. The van der Waals surface area contributed by atoms with Gasteiger partial charge < -0.3 is 10.1 Å². The third-order valence-electron chi connectivity index (χ3n) is 4.34. The maximum atomic E-state index is 10.8. The maximum Gasteiger partial charge on any atom is 0.264 e. The molecule has 0 aliphatic heterocycles. The van der Waals surface area contributed by atoms with Gasteiger partial charge in [-0.2, -0.15) is 8.42 Å². The fourth-order valence-corrected chi connectivity index (χ4v) is 3.72. The van der Waals surface area contributed by atoms with E-state index in [0.717, 1.165) is 25.0 Å². The van der Waals surface area contributed by atoms with Crippen LogP contribution in [0.1, 0.15) is 37.7 Å². The van der Waals surface area contributed by atoms with Gasteiger partial charge in [0.1, 0.15) is 5.75 Å². The van der Waals surface area contributed by atoms with Gasteiger partial charge in [-0.1, -0.05) is 25.0 Å². The molecule has 1 fully saturated rings. The minimum absolute atomic E-state index is 0.0494. The van der Waals surface area contributed by atoms with E-state index in [0.29, 0.717) is 13.0 Å². The van der Waals surface area contributed by atoms with E-state index in [2.05, 4.69) is 17.4 Å². The fourth-order valence-electron chi connectivity index (χ4n) is 3.21. The van der Waals surface area contributed by atoms with E-state index in [9.17, 15) is 8.42 Å². The van der Waals surface area contributed by atoms with Crippen LogP contribution in [0.25, 0.3) is 0 Å². The standard InChI is InChI=1S/C16H25NO4S/c1-21-15-7-5-14(6-8-15)13-16(9-2-3-10-16)17-11-4-12-22(18,19)20/h5-8,17H,2-4,9-13H2,1H3,(H,18,19,20). The Morgan fingerprint density at radius 3 is 2.41 bits per heavy atom. The highest BCUT2D eigenvalue weighted by Crippen LogP contribution is 2.33. The van der Waals surface area contributed by atoms with Crippen LogP contribution >= 0.6 is 0 Å². The van der Waals surface area contributed by atoms with E-state index in [1.165, 1.54) is 18.4 Å². The molecule has 1 aromatic rings. The van der Waals surface area contributed by atoms with Crippen molar-refractivity contribution < 1.29 is 17.7 Å². The van der Waals surface area contributed by atoms with Gasteiger partial charge >= 0.3 is 0 Å². The molecular weight excluding hydrogens is 302 g/mol. The summed E-state index contributed by atoms with van der Waals surface area (Å²) in [5.74, 6) is 0.670. The summed E-state index contributed by atoms with van der Waals surface area (Å²) < 4.78 is 35.5. The van der Waals surface area contributed by atoms with Gasteiger partial charge in [0.2, 0.25) is 0 Å². The lowest BCUT2D eigenvalue weighted by atomic mass is 9.89. The maximum absolute atomic E-state index is 10.8. The average molecular weight is 327 g/mol. The number of benzene rings is 1. The van der Waals surface area contributed by atoms with Crippen LogP contribution < -0.4 is 10.1 Å². The summed E-state index contributed by atoms with van der Waals surface area (Å²) in [6.45, 7) is 0.607. The first-order valence-electron chi connectivity index (χ1n) is 7.76. The smallest absolute Gasteiger partial charge is 0.264 e. The zero-order chi connectivity index (χ0) is 16.1. The van der Waals surface area contributed by atoms with Crippen molar-refractivity contribution in [2.45, 2.75) is 44.1 Å². The van der Waals surface area contributed by atoms with Crippen molar-refractivity contribution in [3.05, 3.63) is 29.8 Å². The highest BCUT2D eigenvalue weighted by Gasteiger charge is 2.33. The van der Waals surface area contributed by atoms with Crippen LogP contribution in [-0.2, 0) is 16.5 Å². The topological polar surface area (TPSA) is 75.6 Å². The number of nitrogens with one attached hydrogen (secondary N) is 1. The third kappa shape index (κ3) is 5.26. The molecule has 1 aliphatic carbocycles. The van der Waals surface area contributed by atoms with E-state index in [-0.39, 0.29) is 11.3 Å². The number of rotatable bonds is 8. The number of hydrogen-bond acceptors (Lipinski definition) is 4. The van der Waals surface area contributed by atoms with Crippen molar-refractivity contribution in [1.29, 1.82) is 0 Å². The number of methoxy groups -OCH3 is 1. The summed E-state index contributed by atoms with van der Waals surface area (Å²) in [6, 6.07) is 8.10. The third-order valence-corrected chi connectivity index (χ3v) is 5.15. The molecule has 0 bridgehead atoms. The molecule has 0 spiro atoms. The summed E-state index contributed by atoms with van der Waals surface area (Å²) in [5, 5.41) is 3.54. The Hall–Kier alpha value is -1.11. The Balaban J connectivity index is 1.92. The van der Waals surface area contributed by atoms with Crippen molar-refractivity contribution in [3.63, 3.8) is 0 Å². The van der Waals surface area contributed by atoms with E-state index in [1.807, 2.05) is 12.1 Å².